The van der Waals surface area contributed by atoms with Gasteiger partial charge >= 0.3 is 0 Å². The average Bonchev–Trinajstić information content (AvgIpc) is 2.76. The lowest BCUT2D eigenvalue weighted by molar-refractivity contribution is -0.115. The molecule has 0 bridgehead atoms. The van der Waals surface area contributed by atoms with Crippen molar-refractivity contribution in [2.45, 2.75) is 6.42 Å². The number of rotatable bonds is 3. The van der Waals surface area contributed by atoms with E-state index in [1.165, 1.54) is 18.2 Å². The van der Waals surface area contributed by atoms with E-state index >= 15 is 0 Å². The van der Waals surface area contributed by atoms with Gasteiger partial charge in [-0.25, -0.2) is 4.39 Å². The van der Waals surface area contributed by atoms with E-state index in [1.807, 2.05) is 16.8 Å². The summed E-state index contributed by atoms with van der Waals surface area (Å²) < 4.78 is 12.9. The molecule has 5 heteroatoms. The van der Waals surface area contributed by atoms with Crippen LogP contribution in [0.25, 0.3) is 0 Å². The quantitative estimate of drug-likeness (QED) is 0.823. The highest BCUT2D eigenvalue weighted by atomic mass is 32.1. The van der Waals surface area contributed by atoms with Gasteiger partial charge in [-0.2, -0.15) is 11.3 Å². The van der Waals surface area contributed by atoms with Crippen molar-refractivity contribution in [1.82, 2.24) is 0 Å². The van der Waals surface area contributed by atoms with E-state index < -0.39 is 5.82 Å². The molecule has 0 saturated heterocycles. The largest absolute Gasteiger partial charge is 0.396 e. The van der Waals surface area contributed by atoms with Crippen LogP contribution in [-0.4, -0.2) is 5.91 Å². The molecule has 2 rings (SSSR count). The van der Waals surface area contributed by atoms with Gasteiger partial charge in [0.25, 0.3) is 0 Å². The Hall–Kier alpha value is -1.88. The van der Waals surface area contributed by atoms with Crippen LogP contribution in [0.4, 0.5) is 15.8 Å². The smallest absolute Gasteiger partial charge is 0.228 e. The SMILES string of the molecule is Nc1cc(NC(=O)Cc2ccsc2)ccc1F. The molecule has 0 fully saturated rings. The summed E-state index contributed by atoms with van der Waals surface area (Å²) in [4.78, 5) is 11.6. The molecule has 1 aromatic heterocycles. The lowest BCUT2D eigenvalue weighted by Gasteiger charge is -2.05. The van der Waals surface area contributed by atoms with Crippen molar-refractivity contribution in [1.29, 1.82) is 0 Å². The minimum atomic E-state index is -0.485. The highest BCUT2D eigenvalue weighted by molar-refractivity contribution is 7.08. The van der Waals surface area contributed by atoms with Gasteiger partial charge in [0.2, 0.25) is 5.91 Å². The van der Waals surface area contributed by atoms with Crippen LogP contribution >= 0.6 is 11.3 Å². The van der Waals surface area contributed by atoms with Gasteiger partial charge in [-0.05, 0) is 40.6 Å². The van der Waals surface area contributed by atoms with Crippen LogP contribution in [0.15, 0.2) is 35.0 Å². The zero-order valence-corrected chi connectivity index (χ0v) is 9.76. The molecule has 17 heavy (non-hydrogen) atoms. The fourth-order valence-corrected chi connectivity index (χ4v) is 2.07. The van der Waals surface area contributed by atoms with E-state index in [0.717, 1.165) is 5.56 Å². The van der Waals surface area contributed by atoms with Crippen LogP contribution in [-0.2, 0) is 11.2 Å². The van der Waals surface area contributed by atoms with E-state index in [4.69, 9.17) is 5.73 Å². The number of thiophene rings is 1. The van der Waals surface area contributed by atoms with E-state index in [0.29, 0.717) is 12.1 Å². The van der Waals surface area contributed by atoms with Gasteiger partial charge in [-0.3, -0.25) is 4.79 Å². The van der Waals surface area contributed by atoms with Crippen LogP contribution in [0, 0.1) is 5.82 Å². The zero-order valence-electron chi connectivity index (χ0n) is 8.94. The van der Waals surface area contributed by atoms with E-state index in [1.54, 1.807) is 11.3 Å². The molecule has 1 aromatic carbocycles. The highest BCUT2D eigenvalue weighted by Gasteiger charge is 2.06. The van der Waals surface area contributed by atoms with Crippen LogP contribution in [0.2, 0.25) is 0 Å². The van der Waals surface area contributed by atoms with E-state index in [9.17, 15) is 9.18 Å². The lowest BCUT2D eigenvalue weighted by Crippen LogP contribution is -2.14. The lowest BCUT2D eigenvalue weighted by atomic mass is 10.2. The van der Waals surface area contributed by atoms with Crippen molar-refractivity contribution in [2.75, 3.05) is 11.1 Å². The average molecular weight is 250 g/mol. The highest BCUT2D eigenvalue weighted by Crippen LogP contribution is 2.16. The second-order valence-corrected chi connectivity index (χ2v) is 4.37. The molecule has 0 saturated carbocycles. The summed E-state index contributed by atoms with van der Waals surface area (Å²) in [5.74, 6) is -0.629. The van der Waals surface area contributed by atoms with Crippen LogP contribution in [0.3, 0.4) is 0 Å². The second kappa shape index (κ2) is 4.97. The molecule has 0 aliphatic heterocycles. The Bertz CT molecular complexity index is 525. The number of hydrogen-bond acceptors (Lipinski definition) is 3. The first-order valence-corrected chi connectivity index (χ1v) is 5.95. The molecule has 2 aromatic rings. The molecule has 88 valence electrons. The molecule has 3 nitrogen and oxygen atoms in total. The van der Waals surface area contributed by atoms with Gasteiger partial charge in [0.1, 0.15) is 5.82 Å². The van der Waals surface area contributed by atoms with Gasteiger partial charge in [0, 0.05) is 5.69 Å². The second-order valence-electron chi connectivity index (χ2n) is 3.59. The maximum absolute atomic E-state index is 12.9. The number of hydrogen-bond donors (Lipinski definition) is 2. The van der Waals surface area contributed by atoms with E-state index in [-0.39, 0.29) is 11.6 Å². The molecule has 0 aliphatic rings. The summed E-state index contributed by atoms with van der Waals surface area (Å²) in [6, 6.07) is 6.01. The summed E-state index contributed by atoms with van der Waals surface area (Å²) >= 11 is 1.54. The summed E-state index contributed by atoms with van der Waals surface area (Å²) in [7, 11) is 0. The molecule has 3 N–H and O–H groups in total. The maximum Gasteiger partial charge on any atom is 0.228 e. The van der Waals surface area contributed by atoms with Crippen molar-refractivity contribution >= 4 is 28.6 Å². The maximum atomic E-state index is 12.9. The minimum Gasteiger partial charge on any atom is -0.396 e. The number of anilines is 2. The van der Waals surface area contributed by atoms with Gasteiger partial charge in [0.15, 0.2) is 0 Å². The molecular weight excluding hydrogens is 239 g/mol. The standard InChI is InChI=1S/C12H11FN2OS/c13-10-2-1-9(6-11(10)14)15-12(16)5-8-3-4-17-7-8/h1-4,6-7H,5,14H2,(H,15,16). The summed E-state index contributed by atoms with van der Waals surface area (Å²) in [5.41, 5.74) is 6.90. The first kappa shape index (κ1) is 11.6. The van der Waals surface area contributed by atoms with Gasteiger partial charge < -0.3 is 11.1 Å². The summed E-state index contributed by atoms with van der Waals surface area (Å²) in [6.07, 6.45) is 0.306. The first-order chi connectivity index (χ1) is 8.15. The number of nitrogen functional groups attached to an aromatic ring is 1. The number of nitrogens with one attached hydrogen (secondary N) is 1. The van der Waals surface area contributed by atoms with Crippen LogP contribution in [0.1, 0.15) is 5.56 Å². The topological polar surface area (TPSA) is 55.1 Å². The minimum absolute atomic E-state index is 0.0262. The Morgan fingerprint density at radius 1 is 1.41 bits per heavy atom. The van der Waals surface area contributed by atoms with Crippen molar-refractivity contribution in [3.8, 4) is 0 Å². The first-order valence-electron chi connectivity index (χ1n) is 5.01. The predicted octanol–water partition coefficient (Wildman–Crippen LogP) is 2.65. The predicted molar refractivity (Wildman–Crippen MR) is 67.5 cm³/mol. The Labute approximate surface area is 102 Å². The molecule has 1 amide bonds. The van der Waals surface area contributed by atoms with Gasteiger partial charge in [-0.1, -0.05) is 0 Å². The van der Waals surface area contributed by atoms with Crippen molar-refractivity contribution < 1.29 is 9.18 Å². The van der Waals surface area contributed by atoms with Crippen LogP contribution < -0.4 is 11.1 Å². The number of halogens is 1. The summed E-state index contributed by atoms with van der Waals surface area (Å²) in [6.45, 7) is 0. The zero-order chi connectivity index (χ0) is 12.3. The molecular formula is C12H11FN2OS. The van der Waals surface area contributed by atoms with Crippen LogP contribution in [0.5, 0.6) is 0 Å². The number of amides is 1. The Morgan fingerprint density at radius 2 is 2.24 bits per heavy atom. The fraction of sp³-hybridized carbons (Fsp3) is 0.0833. The molecule has 0 aliphatic carbocycles. The van der Waals surface area contributed by atoms with Crippen molar-refractivity contribution in [2.24, 2.45) is 0 Å². The van der Waals surface area contributed by atoms with Crippen molar-refractivity contribution in [3.05, 3.63) is 46.4 Å². The molecule has 0 atom stereocenters. The molecule has 1 heterocycles. The Balaban J connectivity index is 2.00. The fourth-order valence-electron chi connectivity index (χ4n) is 1.41. The molecule has 0 spiro atoms. The van der Waals surface area contributed by atoms with Crippen molar-refractivity contribution in [3.63, 3.8) is 0 Å². The third kappa shape index (κ3) is 3.04. The Morgan fingerprint density at radius 3 is 2.88 bits per heavy atom. The van der Waals surface area contributed by atoms with E-state index in [2.05, 4.69) is 5.32 Å². The molecule has 0 radical (unpaired) electrons. The summed E-state index contributed by atoms with van der Waals surface area (Å²) in [5, 5.41) is 6.50. The number of carbonyl (C=O) groups is 1. The normalized spacial score (nSPS) is 10.2. The van der Waals surface area contributed by atoms with Gasteiger partial charge in [-0.15, -0.1) is 0 Å². The monoisotopic (exact) mass is 250 g/mol. The number of benzene rings is 1. The van der Waals surface area contributed by atoms with Gasteiger partial charge in [0.05, 0.1) is 12.1 Å². The Kier molecular flexibility index (Phi) is 3.39. The molecule has 0 unspecified atom stereocenters. The third-order valence-corrected chi connectivity index (χ3v) is 2.96. The number of nitrogens with two attached hydrogens (primary N) is 1. The number of carbonyl (C=O) groups excluding carboxylic acids is 1. The third-order valence-electron chi connectivity index (χ3n) is 2.22.